The Labute approximate surface area is 228 Å². The molecule has 12 heteroatoms. The van der Waals surface area contributed by atoms with Gasteiger partial charge in [-0.25, -0.2) is 15.0 Å². The van der Waals surface area contributed by atoms with E-state index in [1.165, 1.54) is 6.33 Å². The van der Waals surface area contributed by atoms with Crippen LogP contribution in [-0.2, 0) is 33.4 Å². The van der Waals surface area contributed by atoms with Gasteiger partial charge in [0, 0.05) is 31.6 Å². The van der Waals surface area contributed by atoms with E-state index in [4.69, 9.17) is 14.2 Å². The third kappa shape index (κ3) is 7.73. The van der Waals surface area contributed by atoms with Gasteiger partial charge in [-0.05, 0) is 32.1 Å². The van der Waals surface area contributed by atoms with Gasteiger partial charge in [-0.3, -0.25) is 19.2 Å². The molecular formula is C27H39N5O7. The molecule has 12 nitrogen and oxygen atoms in total. The number of aromatic nitrogens is 4. The lowest BCUT2D eigenvalue weighted by molar-refractivity contribution is -0.171. The Bertz CT molecular complexity index is 1150. The first-order valence-corrected chi connectivity index (χ1v) is 13.8. The van der Waals surface area contributed by atoms with E-state index in [1.54, 1.807) is 10.9 Å². The van der Waals surface area contributed by atoms with Crippen molar-refractivity contribution >= 4 is 40.8 Å². The average molecular weight is 546 g/mol. The molecule has 1 aliphatic carbocycles. The molecule has 3 rings (SSSR count). The Morgan fingerprint density at radius 2 is 1.46 bits per heavy atom. The third-order valence-corrected chi connectivity index (χ3v) is 6.52. The topological polar surface area (TPSA) is 152 Å². The molecule has 214 valence electrons. The summed E-state index contributed by atoms with van der Waals surface area (Å²) in [6.45, 7) is 7.55. The Balaban J connectivity index is 1.99. The predicted octanol–water partition coefficient (Wildman–Crippen LogP) is 3.89. The van der Waals surface area contributed by atoms with Gasteiger partial charge < -0.3 is 24.1 Å². The highest BCUT2D eigenvalue weighted by molar-refractivity contribution is 5.96. The molecule has 2 aromatic rings. The SMILES string of the molecule is CCCC(=O)Nc1ncnc2c1ncn2[C@@H]1C[C@H](COC(=O)CCC)[C@@H](OC(=O)CCC)[C@H]1OC(=O)CCC. The number of rotatable bonds is 14. The number of hydrogen-bond donors (Lipinski definition) is 1. The van der Waals surface area contributed by atoms with Crippen LogP contribution in [0.25, 0.3) is 11.2 Å². The van der Waals surface area contributed by atoms with Crippen LogP contribution < -0.4 is 5.32 Å². The fourth-order valence-electron chi connectivity index (χ4n) is 4.72. The molecule has 2 aromatic heterocycles. The van der Waals surface area contributed by atoms with Crippen LogP contribution in [0.3, 0.4) is 0 Å². The summed E-state index contributed by atoms with van der Waals surface area (Å²) in [5, 5.41) is 2.77. The minimum atomic E-state index is -0.856. The quantitative estimate of drug-likeness (QED) is 0.273. The van der Waals surface area contributed by atoms with Gasteiger partial charge in [0.1, 0.15) is 12.4 Å². The number of ether oxygens (including phenoxy) is 3. The van der Waals surface area contributed by atoms with Crippen molar-refractivity contribution in [2.75, 3.05) is 11.9 Å². The molecule has 39 heavy (non-hydrogen) atoms. The van der Waals surface area contributed by atoms with Gasteiger partial charge in [0.05, 0.1) is 19.0 Å². The van der Waals surface area contributed by atoms with E-state index >= 15 is 0 Å². The van der Waals surface area contributed by atoms with E-state index in [0.717, 1.165) is 0 Å². The van der Waals surface area contributed by atoms with Crippen molar-refractivity contribution in [1.29, 1.82) is 0 Å². The highest BCUT2D eigenvalue weighted by Gasteiger charge is 2.50. The largest absolute Gasteiger partial charge is 0.465 e. The van der Waals surface area contributed by atoms with E-state index in [-0.39, 0.29) is 43.6 Å². The van der Waals surface area contributed by atoms with Crippen LogP contribution in [0.2, 0.25) is 0 Å². The summed E-state index contributed by atoms with van der Waals surface area (Å²) in [7, 11) is 0. The van der Waals surface area contributed by atoms with E-state index in [0.29, 0.717) is 49.7 Å². The van der Waals surface area contributed by atoms with Gasteiger partial charge in [0.2, 0.25) is 5.91 Å². The van der Waals surface area contributed by atoms with Gasteiger partial charge in [-0.2, -0.15) is 0 Å². The maximum Gasteiger partial charge on any atom is 0.306 e. The number of esters is 3. The number of hydrogen-bond acceptors (Lipinski definition) is 10. The summed E-state index contributed by atoms with van der Waals surface area (Å²) < 4.78 is 19.0. The van der Waals surface area contributed by atoms with Gasteiger partial charge in [-0.1, -0.05) is 27.7 Å². The first kappa shape index (κ1) is 30.0. The lowest BCUT2D eigenvalue weighted by Gasteiger charge is -2.27. The van der Waals surface area contributed by atoms with Crippen LogP contribution in [0.4, 0.5) is 5.82 Å². The van der Waals surface area contributed by atoms with Crippen LogP contribution in [0.5, 0.6) is 0 Å². The second-order valence-electron chi connectivity index (χ2n) is 9.75. The number of carbonyl (C=O) groups excluding carboxylic acids is 4. The molecule has 2 heterocycles. The van der Waals surface area contributed by atoms with Crippen LogP contribution in [-0.4, -0.2) is 62.1 Å². The van der Waals surface area contributed by atoms with Gasteiger partial charge >= 0.3 is 17.9 Å². The predicted molar refractivity (Wildman–Crippen MR) is 141 cm³/mol. The summed E-state index contributed by atoms with van der Waals surface area (Å²) in [6, 6.07) is -0.515. The average Bonchev–Trinajstić information content (AvgIpc) is 3.45. The van der Waals surface area contributed by atoms with Crippen molar-refractivity contribution in [2.45, 2.75) is 104 Å². The summed E-state index contributed by atoms with van der Waals surface area (Å²) in [6.07, 6.45) is 5.13. The van der Waals surface area contributed by atoms with Crippen LogP contribution in [0, 0.1) is 5.92 Å². The van der Waals surface area contributed by atoms with Gasteiger partial charge in [0.25, 0.3) is 0 Å². The fourth-order valence-corrected chi connectivity index (χ4v) is 4.72. The van der Waals surface area contributed by atoms with Gasteiger partial charge in [-0.15, -0.1) is 0 Å². The molecule has 0 spiro atoms. The molecule has 1 aliphatic rings. The molecule has 1 fully saturated rings. The Kier molecular flexibility index (Phi) is 11.2. The van der Waals surface area contributed by atoms with Crippen LogP contribution in [0.15, 0.2) is 12.7 Å². The molecule has 0 aromatic carbocycles. The molecule has 1 saturated carbocycles. The normalized spacial score (nSPS) is 20.5. The fraction of sp³-hybridized carbons (Fsp3) is 0.667. The highest BCUT2D eigenvalue weighted by atomic mass is 16.6. The molecule has 1 N–H and O–H groups in total. The van der Waals surface area contributed by atoms with Crippen LogP contribution in [0.1, 0.15) is 91.5 Å². The first-order valence-electron chi connectivity index (χ1n) is 13.8. The number of fused-ring (bicyclic) bond motifs is 1. The standard InChI is InChI=1S/C27H39N5O7/c1-5-9-19(33)31-26-23-27(29-15-28-26)32(16-30-23)18-13-17(14-37-20(34)10-6-2)24(38-21(35)11-7-3)25(18)39-22(36)12-8-4/h15-18,24-25H,5-14H2,1-4H3,(H,28,29,31,33)/t17-,18-,24-,25+/m1/s1. The van der Waals surface area contributed by atoms with Crippen molar-refractivity contribution < 1.29 is 33.4 Å². The highest BCUT2D eigenvalue weighted by Crippen LogP contribution is 2.41. The number of nitrogens with zero attached hydrogens (tertiary/aromatic N) is 4. The summed E-state index contributed by atoms with van der Waals surface area (Å²) in [5.74, 6) is -1.49. The number of imidazole rings is 1. The van der Waals surface area contributed by atoms with Crippen molar-refractivity contribution in [3.63, 3.8) is 0 Å². The minimum absolute atomic E-state index is 0.0151. The molecule has 0 bridgehead atoms. The summed E-state index contributed by atoms with van der Waals surface area (Å²) in [5.41, 5.74) is 0.818. The molecule has 0 unspecified atom stereocenters. The molecule has 0 saturated heterocycles. The number of anilines is 1. The molecule has 1 amide bonds. The maximum absolute atomic E-state index is 12.7. The molecule has 0 radical (unpaired) electrons. The van der Waals surface area contributed by atoms with Crippen molar-refractivity contribution in [3.05, 3.63) is 12.7 Å². The lowest BCUT2D eigenvalue weighted by Crippen LogP contribution is -2.39. The smallest absolute Gasteiger partial charge is 0.306 e. The van der Waals surface area contributed by atoms with E-state index in [9.17, 15) is 19.2 Å². The molecule has 0 aliphatic heterocycles. The zero-order valence-electron chi connectivity index (χ0n) is 23.2. The van der Waals surface area contributed by atoms with Gasteiger partial charge in [0.15, 0.2) is 23.1 Å². The minimum Gasteiger partial charge on any atom is -0.465 e. The lowest BCUT2D eigenvalue weighted by atomic mass is 10.1. The van der Waals surface area contributed by atoms with E-state index in [2.05, 4.69) is 20.3 Å². The number of carbonyl (C=O) groups is 4. The van der Waals surface area contributed by atoms with E-state index in [1.807, 2.05) is 27.7 Å². The summed E-state index contributed by atoms with van der Waals surface area (Å²) in [4.78, 5) is 62.7. The third-order valence-electron chi connectivity index (χ3n) is 6.52. The van der Waals surface area contributed by atoms with Crippen molar-refractivity contribution in [3.8, 4) is 0 Å². The van der Waals surface area contributed by atoms with E-state index < -0.39 is 36.1 Å². The second kappa shape index (κ2) is 14.5. The molecule has 4 atom stereocenters. The Morgan fingerprint density at radius 1 is 0.846 bits per heavy atom. The van der Waals surface area contributed by atoms with Crippen molar-refractivity contribution in [1.82, 2.24) is 19.5 Å². The zero-order chi connectivity index (χ0) is 28.4. The Hall–Kier alpha value is -3.57. The molecular weight excluding hydrogens is 506 g/mol. The number of amides is 1. The number of nitrogens with one attached hydrogen (secondary N) is 1. The monoisotopic (exact) mass is 545 g/mol. The van der Waals surface area contributed by atoms with Crippen LogP contribution >= 0.6 is 0 Å². The second-order valence-corrected chi connectivity index (χ2v) is 9.75. The maximum atomic E-state index is 12.7. The Morgan fingerprint density at radius 3 is 2.10 bits per heavy atom. The van der Waals surface area contributed by atoms with Crippen molar-refractivity contribution in [2.24, 2.45) is 5.92 Å². The summed E-state index contributed by atoms with van der Waals surface area (Å²) >= 11 is 0. The zero-order valence-corrected chi connectivity index (χ0v) is 23.2. The first-order chi connectivity index (χ1) is 18.8.